The number of amides is 1. The minimum absolute atomic E-state index is 0.209. The van der Waals surface area contributed by atoms with E-state index in [1.807, 2.05) is 6.92 Å². The number of carbonyl (C=O) groups is 1. The number of rotatable bonds is 6. The number of guanidine groups is 1. The van der Waals surface area contributed by atoms with Crippen LogP contribution < -0.4 is 5.32 Å². The molecule has 138 valence electrons. The van der Waals surface area contributed by atoms with Gasteiger partial charge in [0.1, 0.15) is 0 Å². The highest BCUT2D eigenvalue weighted by Gasteiger charge is 2.29. The van der Waals surface area contributed by atoms with Crippen molar-refractivity contribution >= 4 is 12.1 Å². The van der Waals surface area contributed by atoms with Gasteiger partial charge in [0, 0.05) is 44.8 Å². The number of nitrogens with zero attached hydrogens (tertiary/aromatic N) is 4. The summed E-state index contributed by atoms with van der Waals surface area (Å²) in [5.41, 5.74) is 0. The Morgan fingerprint density at radius 2 is 1.88 bits per heavy atom. The number of likely N-dealkylation sites (N-methyl/N-ethyl adjacent to an activating group) is 1. The molecule has 1 aliphatic heterocycles. The maximum Gasteiger partial charge on any atom is 0.409 e. The third-order valence-corrected chi connectivity index (χ3v) is 4.76. The van der Waals surface area contributed by atoms with Gasteiger partial charge in [-0.05, 0) is 40.7 Å². The van der Waals surface area contributed by atoms with Gasteiger partial charge in [0.05, 0.1) is 13.2 Å². The van der Waals surface area contributed by atoms with E-state index in [4.69, 9.17) is 9.73 Å². The van der Waals surface area contributed by atoms with Gasteiger partial charge < -0.3 is 19.9 Å². The smallest absolute Gasteiger partial charge is 0.409 e. The number of hydrogen-bond acceptors (Lipinski definition) is 4. The standard InChI is InChI=1S/C17H33N5O2/c1-5-18-16(19-13-14(3)20(4)15-7-8-15)21-9-11-22(12-10-21)17(23)24-6-2/h14-15H,5-13H2,1-4H3,(H,18,19). The van der Waals surface area contributed by atoms with Crippen molar-refractivity contribution in [3.63, 3.8) is 0 Å². The molecule has 0 aromatic rings. The lowest BCUT2D eigenvalue weighted by Crippen LogP contribution is -2.54. The van der Waals surface area contributed by atoms with E-state index < -0.39 is 0 Å². The SMILES string of the molecule is CCNC(=NCC(C)N(C)C1CC1)N1CCN(C(=O)OCC)CC1. The molecule has 7 nitrogen and oxygen atoms in total. The van der Waals surface area contributed by atoms with Crippen LogP contribution in [0.1, 0.15) is 33.6 Å². The number of nitrogens with one attached hydrogen (secondary N) is 1. The highest BCUT2D eigenvalue weighted by Crippen LogP contribution is 2.26. The van der Waals surface area contributed by atoms with Crippen LogP contribution in [-0.4, -0.2) is 91.8 Å². The van der Waals surface area contributed by atoms with Crippen molar-refractivity contribution in [1.82, 2.24) is 20.0 Å². The Hall–Kier alpha value is -1.50. The molecule has 1 N–H and O–H groups in total. The number of carbonyl (C=O) groups excluding carboxylic acids is 1. The molecule has 7 heteroatoms. The molecule has 2 aliphatic rings. The van der Waals surface area contributed by atoms with Crippen molar-refractivity contribution < 1.29 is 9.53 Å². The first-order chi connectivity index (χ1) is 11.6. The van der Waals surface area contributed by atoms with E-state index >= 15 is 0 Å². The van der Waals surface area contributed by atoms with Gasteiger partial charge in [-0.2, -0.15) is 0 Å². The molecule has 0 radical (unpaired) electrons. The maximum atomic E-state index is 11.8. The summed E-state index contributed by atoms with van der Waals surface area (Å²) in [4.78, 5) is 23.1. The lowest BCUT2D eigenvalue weighted by molar-refractivity contribution is 0.0914. The third-order valence-electron chi connectivity index (χ3n) is 4.76. The lowest BCUT2D eigenvalue weighted by atomic mass is 10.3. The molecule has 1 aliphatic carbocycles. The van der Waals surface area contributed by atoms with Gasteiger partial charge in [0.25, 0.3) is 0 Å². The third kappa shape index (κ3) is 5.26. The van der Waals surface area contributed by atoms with Crippen LogP contribution in [0.15, 0.2) is 4.99 Å². The summed E-state index contributed by atoms with van der Waals surface area (Å²) in [6.07, 6.45) is 2.43. The van der Waals surface area contributed by atoms with E-state index in [1.54, 1.807) is 4.90 Å². The van der Waals surface area contributed by atoms with Crippen LogP contribution in [0.5, 0.6) is 0 Å². The molecule has 1 unspecified atom stereocenters. The molecule has 2 rings (SSSR count). The minimum atomic E-state index is -0.209. The number of ether oxygens (including phenoxy) is 1. The highest BCUT2D eigenvalue weighted by atomic mass is 16.6. The van der Waals surface area contributed by atoms with E-state index in [1.165, 1.54) is 12.8 Å². The summed E-state index contributed by atoms with van der Waals surface area (Å²) >= 11 is 0. The van der Waals surface area contributed by atoms with E-state index in [-0.39, 0.29) is 6.09 Å². The Morgan fingerprint density at radius 1 is 1.25 bits per heavy atom. The number of aliphatic imine (C=N–C) groups is 1. The first-order valence-corrected chi connectivity index (χ1v) is 9.23. The predicted octanol–water partition coefficient (Wildman–Crippen LogP) is 1.21. The average Bonchev–Trinajstić information content (AvgIpc) is 3.43. The van der Waals surface area contributed by atoms with Crippen molar-refractivity contribution in [1.29, 1.82) is 0 Å². The zero-order valence-electron chi connectivity index (χ0n) is 15.6. The van der Waals surface area contributed by atoms with E-state index in [0.717, 1.165) is 38.2 Å². The van der Waals surface area contributed by atoms with Crippen LogP contribution >= 0.6 is 0 Å². The monoisotopic (exact) mass is 339 g/mol. The van der Waals surface area contributed by atoms with Crippen molar-refractivity contribution in [2.45, 2.75) is 45.7 Å². The Labute approximate surface area is 146 Å². The van der Waals surface area contributed by atoms with Gasteiger partial charge in [-0.25, -0.2) is 4.79 Å². The Bertz CT molecular complexity index is 431. The molecule has 0 aromatic heterocycles. The fourth-order valence-electron chi connectivity index (χ4n) is 2.93. The van der Waals surface area contributed by atoms with Crippen molar-refractivity contribution in [3.8, 4) is 0 Å². The summed E-state index contributed by atoms with van der Waals surface area (Å²) in [5.74, 6) is 0.956. The normalized spacial score (nSPS) is 20.3. The molecule has 0 bridgehead atoms. The fourth-order valence-corrected chi connectivity index (χ4v) is 2.93. The average molecular weight is 339 g/mol. The van der Waals surface area contributed by atoms with Crippen LogP contribution in [0.25, 0.3) is 0 Å². The van der Waals surface area contributed by atoms with Gasteiger partial charge in [-0.15, -0.1) is 0 Å². The van der Waals surface area contributed by atoms with Crippen molar-refractivity contribution in [2.24, 2.45) is 4.99 Å². The van der Waals surface area contributed by atoms with Gasteiger partial charge >= 0.3 is 6.09 Å². The summed E-state index contributed by atoms with van der Waals surface area (Å²) in [6, 6.07) is 1.21. The largest absolute Gasteiger partial charge is 0.450 e. The van der Waals surface area contributed by atoms with Gasteiger partial charge in [-0.1, -0.05) is 0 Å². The molecule has 24 heavy (non-hydrogen) atoms. The van der Waals surface area contributed by atoms with Gasteiger partial charge in [0.15, 0.2) is 5.96 Å². The van der Waals surface area contributed by atoms with Crippen molar-refractivity contribution in [2.75, 3.05) is 52.9 Å². The first kappa shape index (κ1) is 18.8. The maximum absolute atomic E-state index is 11.8. The number of hydrogen-bond donors (Lipinski definition) is 1. The van der Waals surface area contributed by atoms with Gasteiger partial charge in [-0.3, -0.25) is 9.89 Å². The van der Waals surface area contributed by atoms with Crippen LogP contribution in [0.3, 0.4) is 0 Å². The Balaban J connectivity index is 1.86. The minimum Gasteiger partial charge on any atom is -0.450 e. The first-order valence-electron chi connectivity index (χ1n) is 9.23. The Morgan fingerprint density at radius 3 is 2.42 bits per heavy atom. The lowest BCUT2D eigenvalue weighted by Gasteiger charge is -2.36. The number of piperazine rings is 1. The second-order valence-corrected chi connectivity index (χ2v) is 6.61. The highest BCUT2D eigenvalue weighted by molar-refractivity contribution is 5.80. The van der Waals surface area contributed by atoms with Gasteiger partial charge in [0.2, 0.25) is 0 Å². The topological polar surface area (TPSA) is 60.4 Å². The zero-order valence-corrected chi connectivity index (χ0v) is 15.6. The molecule has 1 saturated heterocycles. The predicted molar refractivity (Wildman–Crippen MR) is 96.4 cm³/mol. The van der Waals surface area contributed by atoms with Crippen LogP contribution in [0.4, 0.5) is 4.79 Å². The molecule has 0 aromatic carbocycles. The van der Waals surface area contributed by atoms with E-state index in [2.05, 4.69) is 36.0 Å². The quantitative estimate of drug-likeness (QED) is 0.582. The summed E-state index contributed by atoms with van der Waals surface area (Å²) in [7, 11) is 2.20. The zero-order chi connectivity index (χ0) is 17.5. The van der Waals surface area contributed by atoms with E-state index in [0.29, 0.717) is 25.7 Å². The van der Waals surface area contributed by atoms with Crippen molar-refractivity contribution in [3.05, 3.63) is 0 Å². The second-order valence-electron chi connectivity index (χ2n) is 6.61. The summed E-state index contributed by atoms with van der Waals surface area (Å²) < 4.78 is 5.08. The van der Waals surface area contributed by atoms with Crippen LogP contribution in [0.2, 0.25) is 0 Å². The summed E-state index contributed by atoms with van der Waals surface area (Å²) in [6.45, 7) is 11.2. The molecule has 1 saturated carbocycles. The molecular formula is C17H33N5O2. The molecular weight excluding hydrogens is 306 g/mol. The molecule has 1 heterocycles. The summed E-state index contributed by atoms with van der Waals surface area (Å²) in [5, 5.41) is 3.38. The molecule has 0 spiro atoms. The fraction of sp³-hybridized carbons (Fsp3) is 0.882. The van der Waals surface area contributed by atoms with Crippen LogP contribution in [0, 0.1) is 0 Å². The molecule has 2 fully saturated rings. The van der Waals surface area contributed by atoms with E-state index in [9.17, 15) is 4.79 Å². The molecule has 1 atom stereocenters. The molecule has 1 amide bonds. The Kier molecular flexibility index (Phi) is 7.15. The van der Waals surface area contributed by atoms with Crippen LogP contribution in [-0.2, 0) is 4.74 Å². The second kappa shape index (κ2) is 9.11.